The standard InChI is InChI=1S/C15H20N4O2/c1-4-13-12(10-19(3)18-13)9-17-14-7-6-11(8-16-14)15(20)21-5-2/h6-8,10H,4-5,9H2,1-3H3,(H,16,17). The summed E-state index contributed by atoms with van der Waals surface area (Å²) in [6, 6.07) is 3.48. The molecule has 0 radical (unpaired) electrons. The van der Waals surface area contributed by atoms with E-state index in [1.54, 1.807) is 19.1 Å². The van der Waals surface area contributed by atoms with Crippen LogP contribution in [0.15, 0.2) is 24.5 Å². The molecule has 0 atom stereocenters. The summed E-state index contributed by atoms with van der Waals surface area (Å²) in [5.74, 6) is 0.367. The molecule has 2 aromatic heterocycles. The Bertz CT molecular complexity index is 605. The van der Waals surface area contributed by atoms with Crippen LogP contribution in [-0.4, -0.2) is 27.3 Å². The topological polar surface area (TPSA) is 69.0 Å². The SMILES string of the molecule is CCOC(=O)c1ccc(NCc2cn(C)nc2CC)nc1. The second-order valence-corrected chi connectivity index (χ2v) is 4.63. The fraction of sp³-hybridized carbons (Fsp3) is 0.400. The molecule has 2 aromatic rings. The van der Waals surface area contributed by atoms with E-state index in [2.05, 4.69) is 22.3 Å². The Balaban J connectivity index is 1.99. The van der Waals surface area contributed by atoms with Gasteiger partial charge in [0.05, 0.1) is 17.9 Å². The number of pyridine rings is 1. The van der Waals surface area contributed by atoms with Crippen LogP contribution < -0.4 is 5.32 Å². The molecule has 0 aliphatic rings. The summed E-state index contributed by atoms with van der Waals surface area (Å²) in [6.45, 7) is 4.88. The van der Waals surface area contributed by atoms with Crippen LogP contribution >= 0.6 is 0 Å². The molecule has 0 aromatic carbocycles. The van der Waals surface area contributed by atoms with Crippen molar-refractivity contribution in [1.82, 2.24) is 14.8 Å². The highest BCUT2D eigenvalue weighted by molar-refractivity contribution is 5.89. The Morgan fingerprint density at radius 1 is 1.38 bits per heavy atom. The molecule has 21 heavy (non-hydrogen) atoms. The number of aryl methyl sites for hydroxylation is 2. The number of carbonyl (C=O) groups is 1. The van der Waals surface area contributed by atoms with E-state index in [1.165, 1.54) is 6.20 Å². The van der Waals surface area contributed by atoms with Crippen LogP contribution in [0.2, 0.25) is 0 Å². The zero-order valence-corrected chi connectivity index (χ0v) is 12.6. The monoisotopic (exact) mass is 288 g/mol. The molecule has 0 aliphatic heterocycles. The molecule has 0 saturated heterocycles. The minimum Gasteiger partial charge on any atom is -0.462 e. The third kappa shape index (κ3) is 3.81. The Labute approximate surface area is 124 Å². The fourth-order valence-corrected chi connectivity index (χ4v) is 2.05. The van der Waals surface area contributed by atoms with Gasteiger partial charge < -0.3 is 10.1 Å². The fourth-order valence-electron chi connectivity index (χ4n) is 2.05. The van der Waals surface area contributed by atoms with Gasteiger partial charge in [-0.2, -0.15) is 5.10 Å². The first-order chi connectivity index (χ1) is 10.1. The highest BCUT2D eigenvalue weighted by Gasteiger charge is 2.08. The number of carbonyl (C=O) groups excluding carboxylic acids is 1. The zero-order chi connectivity index (χ0) is 15.2. The van der Waals surface area contributed by atoms with Gasteiger partial charge in [-0.1, -0.05) is 6.92 Å². The lowest BCUT2D eigenvalue weighted by Gasteiger charge is -2.06. The molecular weight excluding hydrogens is 268 g/mol. The van der Waals surface area contributed by atoms with Crippen molar-refractivity contribution in [2.24, 2.45) is 7.05 Å². The number of nitrogens with one attached hydrogen (secondary N) is 1. The van der Waals surface area contributed by atoms with Gasteiger partial charge in [0.15, 0.2) is 0 Å². The number of aromatic nitrogens is 3. The lowest BCUT2D eigenvalue weighted by atomic mass is 10.2. The maximum Gasteiger partial charge on any atom is 0.339 e. The van der Waals surface area contributed by atoms with Crippen LogP contribution in [0, 0.1) is 0 Å². The lowest BCUT2D eigenvalue weighted by Crippen LogP contribution is -2.07. The van der Waals surface area contributed by atoms with E-state index in [9.17, 15) is 4.79 Å². The van der Waals surface area contributed by atoms with Crippen molar-refractivity contribution in [3.63, 3.8) is 0 Å². The van der Waals surface area contributed by atoms with Crippen molar-refractivity contribution in [3.8, 4) is 0 Å². The van der Waals surface area contributed by atoms with Crippen LogP contribution in [0.5, 0.6) is 0 Å². The van der Waals surface area contributed by atoms with E-state index in [1.807, 2.05) is 17.9 Å². The number of ether oxygens (including phenoxy) is 1. The highest BCUT2D eigenvalue weighted by Crippen LogP contribution is 2.11. The van der Waals surface area contributed by atoms with Gasteiger partial charge in [-0.3, -0.25) is 4.68 Å². The summed E-state index contributed by atoms with van der Waals surface area (Å²) < 4.78 is 6.73. The Morgan fingerprint density at radius 3 is 2.81 bits per heavy atom. The number of hydrogen-bond donors (Lipinski definition) is 1. The van der Waals surface area contributed by atoms with Gasteiger partial charge in [0.1, 0.15) is 5.82 Å². The van der Waals surface area contributed by atoms with Crippen LogP contribution in [0.3, 0.4) is 0 Å². The van der Waals surface area contributed by atoms with Crippen molar-refractivity contribution in [2.45, 2.75) is 26.8 Å². The number of esters is 1. The summed E-state index contributed by atoms with van der Waals surface area (Å²) in [7, 11) is 1.91. The molecule has 2 rings (SSSR count). The molecule has 2 heterocycles. The largest absolute Gasteiger partial charge is 0.462 e. The van der Waals surface area contributed by atoms with E-state index < -0.39 is 0 Å². The van der Waals surface area contributed by atoms with Gasteiger partial charge in [-0.25, -0.2) is 9.78 Å². The van der Waals surface area contributed by atoms with Crippen molar-refractivity contribution in [1.29, 1.82) is 0 Å². The Kier molecular flexibility index (Phi) is 4.92. The average molecular weight is 288 g/mol. The predicted octanol–water partition coefficient (Wildman–Crippen LogP) is 2.17. The summed E-state index contributed by atoms with van der Waals surface area (Å²) in [5.41, 5.74) is 2.68. The summed E-state index contributed by atoms with van der Waals surface area (Å²) in [5, 5.41) is 7.62. The molecule has 6 nitrogen and oxygen atoms in total. The first kappa shape index (κ1) is 15.0. The second-order valence-electron chi connectivity index (χ2n) is 4.63. The summed E-state index contributed by atoms with van der Waals surface area (Å²) >= 11 is 0. The number of anilines is 1. The molecule has 0 spiro atoms. The maximum atomic E-state index is 11.5. The van der Waals surface area contributed by atoms with Gasteiger partial charge in [0, 0.05) is 31.5 Å². The van der Waals surface area contributed by atoms with Crippen LogP contribution in [0.1, 0.15) is 35.5 Å². The quantitative estimate of drug-likeness (QED) is 0.825. The van der Waals surface area contributed by atoms with E-state index in [-0.39, 0.29) is 5.97 Å². The second kappa shape index (κ2) is 6.88. The minimum absolute atomic E-state index is 0.350. The Morgan fingerprint density at radius 2 is 2.19 bits per heavy atom. The van der Waals surface area contributed by atoms with Crippen LogP contribution in [0.25, 0.3) is 0 Å². The molecule has 0 unspecified atom stereocenters. The van der Waals surface area contributed by atoms with Gasteiger partial charge in [-0.05, 0) is 25.5 Å². The number of hydrogen-bond acceptors (Lipinski definition) is 5. The molecule has 0 aliphatic carbocycles. The normalized spacial score (nSPS) is 10.4. The van der Waals surface area contributed by atoms with Crippen molar-refractivity contribution < 1.29 is 9.53 Å². The third-order valence-corrected chi connectivity index (χ3v) is 3.06. The Hall–Kier alpha value is -2.37. The van der Waals surface area contributed by atoms with Gasteiger partial charge in [0.2, 0.25) is 0 Å². The average Bonchev–Trinajstić information content (AvgIpc) is 2.86. The van der Waals surface area contributed by atoms with Crippen LogP contribution in [0.4, 0.5) is 5.82 Å². The third-order valence-electron chi connectivity index (χ3n) is 3.06. The molecule has 1 N–H and O–H groups in total. The molecule has 112 valence electrons. The van der Waals surface area contributed by atoms with E-state index >= 15 is 0 Å². The van der Waals surface area contributed by atoms with E-state index in [0.717, 1.165) is 17.7 Å². The van der Waals surface area contributed by atoms with Crippen LogP contribution in [-0.2, 0) is 24.8 Å². The predicted molar refractivity (Wildman–Crippen MR) is 80.1 cm³/mol. The zero-order valence-electron chi connectivity index (χ0n) is 12.6. The first-order valence-electron chi connectivity index (χ1n) is 7.02. The van der Waals surface area contributed by atoms with Crippen molar-refractivity contribution in [3.05, 3.63) is 41.3 Å². The molecule has 0 fully saturated rings. The number of rotatable bonds is 6. The van der Waals surface area contributed by atoms with E-state index in [0.29, 0.717) is 24.5 Å². The summed E-state index contributed by atoms with van der Waals surface area (Å²) in [4.78, 5) is 15.7. The van der Waals surface area contributed by atoms with Crippen molar-refractivity contribution >= 4 is 11.8 Å². The summed E-state index contributed by atoms with van der Waals surface area (Å²) in [6.07, 6.45) is 4.41. The van der Waals surface area contributed by atoms with E-state index in [4.69, 9.17) is 4.74 Å². The highest BCUT2D eigenvalue weighted by atomic mass is 16.5. The molecule has 6 heteroatoms. The number of nitrogens with zero attached hydrogens (tertiary/aromatic N) is 3. The molecular formula is C15H20N4O2. The van der Waals surface area contributed by atoms with Gasteiger partial charge in [0.25, 0.3) is 0 Å². The molecule has 0 bridgehead atoms. The smallest absolute Gasteiger partial charge is 0.339 e. The van der Waals surface area contributed by atoms with Gasteiger partial charge >= 0.3 is 5.97 Å². The first-order valence-corrected chi connectivity index (χ1v) is 7.02. The van der Waals surface area contributed by atoms with Crippen molar-refractivity contribution in [2.75, 3.05) is 11.9 Å². The molecule has 0 saturated carbocycles. The maximum absolute atomic E-state index is 11.5. The molecule has 0 amide bonds. The van der Waals surface area contributed by atoms with Gasteiger partial charge in [-0.15, -0.1) is 0 Å². The minimum atomic E-state index is -0.350. The lowest BCUT2D eigenvalue weighted by molar-refractivity contribution is 0.0526.